The van der Waals surface area contributed by atoms with Crippen molar-refractivity contribution in [3.05, 3.63) is 0 Å². The van der Waals surface area contributed by atoms with Gasteiger partial charge < -0.3 is 19.3 Å². The molecule has 0 amide bonds. The molecule has 0 aliphatic rings. The molecule has 0 bridgehead atoms. The Balaban J connectivity index is 0. The Labute approximate surface area is 97.7 Å². The van der Waals surface area contributed by atoms with E-state index in [-0.39, 0.29) is 24.8 Å². The van der Waals surface area contributed by atoms with E-state index in [1.807, 2.05) is 13.8 Å². The van der Waals surface area contributed by atoms with Crippen molar-refractivity contribution >= 4 is 5.97 Å². The number of carbonyl (C=O) groups is 1. The summed E-state index contributed by atoms with van der Waals surface area (Å²) in [7, 11) is 1.63. The molecule has 0 aromatic carbocycles. The van der Waals surface area contributed by atoms with Crippen LogP contribution < -0.4 is 0 Å². The van der Waals surface area contributed by atoms with Crippen LogP contribution in [0.3, 0.4) is 0 Å². The summed E-state index contributed by atoms with van der Waals surface area (Å²) < 4.78 is 15.1. The van der Waals surface area contributed by atoms with Gasteiger partial charge >= 0.3 is 5.97 Å². The third-order valence-electron chi connectivity index (χ3n) is 1.54. The Bertz CT molecular complexity index is 160. The van der Waals surface area contributed by atoms with E-state index in [2.05, 4.69) is 0 Å². The highest BCUT2D eigenvalue weighted by Gasteiger charge is 2.06. The molecule has 16 heavy (non-hydrogen) atoms. The van der Waals surface area contributed by atoms with E-state index in [1.165, 1.54) is 6.92 Å². The molecular formula is C11H24O5. The fourth-order valence-corrected chi connectivity index (χ4v) is 0.651. The zero-order valence-electron chi connectivity index (χ0n) is 10.9. The number of esters is 1. The highest BCUT2D eigenvalue weighted by atomic mass is 16.6. The van der Waals surface area contributed by atoms with Crippen LogP contribution in [0.2, 0.25) is 0 Å². The first-order valence-corrected chi connectivity index (χ1v) is 5.36. The average Bonchev–Trinajstić information content (AvgIpc) is 2.24. The summed E-state index contributed by atoms with van der Waals surface area (Å²) in [4.78, 5) is 10.4. The van der Waals surface area contributed by atoms with Crippen LogP contribution in [0, 0.1) is 0 Å². The van der Waals surface area contributed by atoms with Gasteiger partial charge in [-0.15, -0.1) is 0 Å². The van der Waals surface area contributed by atoms with Gasteiger partial charge in [0.15, 0.2) is 0 Å². The van der Waals surface area contributed by atoms with Crippen LogP contribution in [-0.4, -0.2) is 50.2 Å². The summed E-state index contributed by atoms with van der Waals surface area (Å²) in [5.74, 6) is -0.282. The molecule has 0 aromatic rings. The third kappa shape index (κ3) is 15.8. The highest BCUT2D eigenvalue weighted by molar-refractivity contribution is 5.65. The van der Waals surface area contributed by atoms with E-state index in [9.17, 15) is 4.79 Å². The lowest BCUT2D eigenvalue weighted by Crippen LogP contribution is -2.23. The number of aliphatic hydroxyl groups is 1. The van der Waals surface area contributed by atoms with Crippen LogP contribution in [0.5, 0.6) is 0 Å². The Kier molecular flexibility index (Phi) is 13.8. The van der Waals surface area contributed by atoms with E-state index in [0.29, 0.717) is 13.2 Å². The first-order chi connectivity index (χ1) is 7.47. The average molecular weight is 236 g/mol. The molecule has 0 rings (SSSR count). The van der Waals surface area contributed by atoms with Crippen molar-refractivity contribution in [2.75, 3.05) is 26.9 Å². The van der Waals surface area contributed by atoms with Gasteiger partial charge in [-0.3, -0.25) is 4.79 Å². The predicted molar refractivity (Wildman–Crippen MR) is 61.3 cm³/mol. The molecule has 5 heteroatoms. The SMILES string of the molecule is CCO.COC(C)COC(C)COC(C)=O. The quantitative estimate of drug-likeness (QED) is 0.697. The van der Waals surface area contributed by atoms with Crippen molar-refractivity contribution < 1.29 is 24.1 Å². The van der Waals surface area contributed by atoms with E-state index in [4.69, 9.17) is 19.3 Å². The lowest BCUT2D eigenvalue weighted by molar-refractivity contribution is -0.145. The second-order valence-electron chi connectivity index (χ2n) is 3.31. The van der Waals surface area contributed by atoms with E-state index >= 15 is 0 Å². The number of hydrogen-bond donors (Lipinski definition) is 1. The van der Waals surface area contributed by atoms with Crippen LogP contribution >= 0.6 is 0 Å². The molecule has 0 aliphatic heterocycles. The second kappa shape index (κ2) is 12.4. The van der Waals surface area contributed by atoms with Crippen molar-refractivity contribution in [1.82, 2.24) is 0 Å². The molecule has 0 saturated carbocycles. The van der Waals surface area contributed by atoms with Gasteiger partial charge in [0.1, 0.15) is 6.61 Å². The molecule has 0 spiro atoms. The number of carbonyl (C=O) groups excluding carboxylic acids is 1. The van der Waals surface area contributed by atoms with Gasteiger partial charge in [-0.25, -0.2) is 0 Å². The smallest absolute Gasteiger partial charge is 0.302 e. The molecule has 0 heterocycles. The zero-order chi connectivity index (χ0) is 13.0. The second-order valence-corrected chi connectivity index (χ2v) is 3.31. The monoisotopic (exact) mass is 236 g/mol. The maximum atomic E-state index is 10.4. The van der Waals surface area contributed by atoms with Gasteiger partial charge in [0, 0.05) is 20.6 Å². The summed E-state index contributed by atoms with van der Waals surface area (Å²) in [6.07, 6.45) is -0.0127. The highest BCUT2D eigenvalue weighted by Crippen LogP contribution is 1.96. The maximum Gasteiger partial charge on any atom is 0.302 e. The van der Waals surface area contributed by atoms with E-state index in [0.717, 1.165) is 0 Å². The number of aliphatic hydroxyl groups excluding tert-OH is 1. The van der Waals surface area contributed by atoms with Crippen molar-refractivity contribution in [2.24, 2.45) is 0 Å². The summed E-state index contributed by atoms with van der Waals surface area (Å²) in [6.45, 7) is 7.89. The lowest BCUT2D eigenvalue weighted by Gasteiger charge is -2.15. The molecule has 5 nitrogen and oxygen atoms in total. The third-order valence-corrected chi connectivity index (χ3v) is 1.54. The van der Waals surface area contributed by atoms with Crippen LogP contribution in [-0.2, 0) is 19.0 Å². The minimum absolute atomic E-state index is 0.0692. The summed E-state index contributed by atoms with van der Waals surface area (Å²) in [5.41, 5.74) is 0. The summed E-state index contributed by atoms with van der Waals surface area (Å²) >= 11 is 0. The van der Waals surface area contributed by atoms with Crippen LogP contribution in [0.1, 0.15) is 27.7 Å². The fourth-order valence-electron chi connectivity index (χ4n) is 0.651. The molecule has 0 fully saturated rings. The lowest BCUT2D eigenvalue weighted by atomic mass is 10.4. The standard InChI is InChI=1S/C9H18O4.C2H6O/c1-7(11-4)5-12-8(2)6-13-9(3)10;1-2-3/h7-8H,5-6H2,1-4H3;3H,2H2,1H3. The van der Waals surface area contributed by atoms with Gasteiger partial charge in [0.05, 0.1) is 18.8 Å². The van der Waals surface area contributed by atoms with Crippen LogP contribution in [0.15, 0.2) is 0 Å². The molecule has 1 N–H and O–H groups in total. The fraction of sp³-hybridized carbons (Fsp3) is 0.909. The van der Waals surface area contributed by atoms with Gasteiger partial charge in [0.2, 0.25) is 0 Å². The van der Waals surface area contributed by atoms with Crippen LogP contribution in [0.25, 0.3) is 0 Å². The molecule has 2 unspecified atom stereocenters. The Morgan fingerprint density at radius 1 is 1.25 bits per heavy atom. The first-order valence-electron chi connectivity index (χ1n) is 5.36. The number of methoxy groups -OCH3 is 1. The van der Waals surface area contributed by atoms with Gasteiger partial charge in [0.25, 0.3) is 0 Å². The normalized spacial score (nSPS) is 13.4. The van der Waals surface area contributed by atoms with Gasteiger partial charge in [-0.2, -0.15) is 0 Å². The molecule has 0 aromatic heterocycles. The molecule has 98 valence electrons. The number of hydrogen-bond acceptors (Lipinski definition) is 5. The molecule has 0 saturated heterocycles. The molecule has 0 aliphatic carbocycles. The minimum Gasteiger partial charge on any atom is -0.463 e. The number of ether oxygens (including phenoxy) is 3. The van der Waals surface area contributed by atoms with Crippen molar-refractivity contribution in [1.29, 1.82) is 0 Å². The maximum absolute atomic E-state index is 10.4. The van der Waals surface area contributed by atoms with E-state index < -0.39 is 0 Å². The first kappa shape index (κ1) is 17.7. The molecular weight excluding hydrogens is 212 g/mol. The van der Waals surface area contributed by atoms with Gasteiger partial charge in [-0.1, -0.05) is 0 Å². The van der Waals surface area contributed by atoms with E-state index in [1.54, 1.807) is 14.0 Å². The Morgan fingerprint density at radius 3 is 2.12 bits per heavy atom. The summed E-state index contributed by atoms with van der Waals surface area (Å²) in [5, 5.41) is 7.57. The minimum atomic E-state index is -0.282. The topological polar surface area (TPSA) is 65.0 Å². The Hall–Kier alpha value is -0.650. The van der Waals surface area contributed by atoms with Crippen molar-refractivity contribution in [3.8, 4) is 0 Å². The van der Waals surface area contributed by atoms with Crippen molar-refractivity contribution in [3.63, 3.8) is 0 Å². The van der Waals surface area contributed by atoms with Crippen LogP contribution in [0.4, 0.5) is 0 Å². The summed E-state index contributed by atoms with van der Waals surface area (Å²) in [6, 6.07) is 0. The van der Waals surface area contributed by atoms with Gasteiger partial charge in [-0.05, 0) is 20.8 Å². The Morgan fingerprint density at radius 2 is 1.75 bits per heavy atom. The molecule has 0 radical (unpaired) electrons. The van der Waals surface area contributed by atoms with Crippen molar-refractivity contribution in [2.45, 2.75) is 39.9 Å². The zero-order valence-corrected chi connectivity index (χ0v) is 10.9. The number of rotatable bonds is 6. The largest absolute Gasteiger partial charge is 0.463 e. The molecule has 2 atom stereocenters. The predicted octanol–water partition coefficient (Wildman–Crippen LogP) is 0.988.